The third-order valence-corrected chi connectivity index (χ3v) is 3.74. The monoisotopic (exact) mass is 358 g/mol. The van der Waals surface area contributed by atoms with Crippen LogP contribution in [0.5, 0.6) is 5.75 Å². The standard InChI is InChI=1S/C20H27FN4O/c1-4-18(26-19-11-7-9-16(21)12-19)14-24-20(22-5-2)23-13-17-10-6-8-15(3)25-17/h6-12,18H,4-5,13-14H2,1-3H3,(H2,22,23,24). The Hall–Kier alpha value is -2.63. The lowest BCUT2D eigenvalue weighted by atomic mass is 10.2. The lowest BCUT2D eigenvalue weighted by Crippen LogP contribution is -2.42. The number of pyridine rings is 1. The summed E-state index contributed by atoms with van der Waals surface area (Å²) in [6, 6.07) is 12.1. The van der Waals surface area contributed by atoms with E-state index < -0.39 is 0 Å². The fourth-order valence-electron chi connectivity index (χ4n) is 2.40. The molecular formula is C20H27FN4O. The van der Waals surface area contributed by atoms with Gasteiger partial charge in [0, 0.05) is 18.3 Å². The maximum absolute atomic E-state index is 13.3. The van der Waals surface area contributed by atoms with Gasteiger partial charge in [0.15, 0.2) is 5.96 Å². The van der Waals surface area contributed by atoms with E-state index in [-0.39, 0.29) is 11.9 Å². The molecule has 0 radical (unpaired) electrons. The van der Waals surface area contributed by atoms with E-state index in [1.54, 1.807) is 12.1 Å². The zero-order valence-electron chi connectivity index (χ0n) is 15.6. The largest absolute Gasteiger partial charge is 0.489 e. The molecular weight excluding hydrogens is 331 g/mol. The van der Waals surface area contributed by atoms with Crippen molar-refractivity contribution < 1.29 is 9.13 Å². The summed E-state index contributed by atoms with van der Waals surface area (Å²) >= 11 is 0. The number of ether oxygens (including phenoxy) is 1. The van der Waals surface area contributed by atoms with Crippen molar-refractivity contribution in [3.63, 3.8) is 0 Å². The van der Waals surface area contributed by atoms with Crippen LogP contribution in [-0.4, -0.2) is 30.1 Å². The molecule has 1 atom stereocenters. The number of guanidine groups is 1. The van der Waals surface area contributed by atoms with Crippen LogP contribution in [0.2, 0.25) is 0 Å². The molecule has 26 heavy (non-hydrogen) atoms. The number of nitrogens with zero attached hydrogens (tertiary/aromatic N) is 2. The Balaban J connectivity index is 1.93. The molecule has 0 aliphatic heterocycles. The van der Waals surface area contributed by atoms with Crippen LogP contribution in [0.1, 0.15) is 31.7 Å². The molecule has 2 aromatic rings. The van der Waals surface area contributed by atoms with E-state index in [1.807, 2.05) is 39.0 Å². The van der Waals surface area contributed by atoms with Gasteiger partial charge in [-0.25, -0.2) is 9.38 Å². The third kappa shape index (κ3) is 6.70. The quantitative estimate of drug-likeness (QED) is 0.561. The molecule has 0 aliphatic rings. The Morgan fingerprint density at radius 1 is 1.19 bits per heavy atom. The van der Waals surface area contributed by atoms with Crippen LogP contribution in [0, 0.1) is 12.7 Å². The predicted octanol–water partition coefficient (Wildman–Crippen LogP) is 3.44. The molecule has 0 saturated carbocycles. The van der Waals surface area contributed by atoms with Crippen molar-refractivity contribution in [1.29, 1.82) is 0 Å². The molecule has 6 heteroatoms. The summed E-state index contributed by atoms with van der Waals surface area (Å²) < 4.78 is 19.1. The number of aromatic nitrogens is 1. The summed E-state index contributed by atoms with van der Waals surface area (Å²) in [6.45, 7) is 7.84. The van der Waals surface area contributed by atoms with E-state index >= 15 is 0 Å². The highest BCUT2D eigenvalue weighted by atomic mass is 19.1. The number of hydrogen-bond acceptors (Lipinski definition) is 3. The van der Waals surface area contributed by atoms with Crippen molar-refractivity contribution >= 4 is 5.96 Å². The van der Waals surface area contributed by atoms with E-state index in [9.17, 15) is 4.39 Å². The molecule has 0 spiro atoms. The molecule has 2 rings (SSSR count). The van der Waals surface area contributed by atoms with Gasteiger partial charge in [-0.05, 0) is 44.5 Å². The van der Waals surface area contributed by atoms with Gasteiger partial charge in [-0.3, -0.25) is 4.98 Å². The molecule has 0 fully saturated rings. The fraction of sp³-hybridized carbons (Fsp3) is 0.400. The molecule has 1 unspecified atom stereocenters. The topological polar surface area (TPSA) is 58.5 Å². The van der Waals surface area contributed by atoms with Crippen molar-refractivity contribution in [2.45, 2.75) is 39.8 Å². The first-order valence-electron chi connectivity index (χ1n) is 8.97. The molecule has 1 aromatic heterocycles. The first kappa shape index (κ1) is 19.7. The highest BCUT2D eigenvalue weighted by Gasteiger charge is 2.10. The summed E-state index contributed by atoms with van der Waals surface area (Å²) in [6.07, 6.45) is 0.709. The van der Waals surface area contributed by atoms with Crippen molar-refractivity contribution in [2.75, 3.05) is 13.1 Å². The van der Waals surface area contributed by atoms with Gasteiger partial charge in [0.1, 0.15) is 17.7 Å². The second kappa shape index (κ2) is 10.4. The van der Waals surface area contributed by atoms with Crippen molar-refractivity contribution in [3.05, 3.63) is 59.7 Å². The molecule has 0 amide bonds. The summed E-state index contributed by atoms with van der Waals surface area (Å²) in [5, 5.41) is 6.50. The highest BCUT2D eigenvalue weighted by Crippen LogP contribution is 2.14. The second-order valence-corrected chi connectivity index (χ2v) is 5.95. The number of rotatable bonds is 8. The summed E-state index contributed by atoms with van der Waals surface area (Å²) in [7, 11) is 0. The number of nitrogens with one attached hydrogen (secondary N) is 2. The van der Waals surface area contributed by atoms with E-state index in [4.69, 9.17) is 4.74 Å². The Labute approximate surface area is 154 Å². The first-order valence-corrected chi connectivity index (χ1v) is 8.97. The van der Waals surface area contributed by atoms with Gasteiger partial charge in [0.2, 0.25) is 0 Å². The van der Waals surface area contributed by atoms with E-state index in [1.165, 1.54) is 12.1 Å². The first-order chi connectivity index (χ1) is 12.6. The van der Waals surface area contributed by atoms with Crippen LogP contribution < -0.4 is 15.4 Å². The number of hydrogen-bond donors (Lipinski definition) is 2. The lowest BCUT2D eigenvalue weighted by Gasteiger charge is -2.20. The molecule has 1 aromatic carbocycles. The van der Waals surface area contributed by atoms with Crippen LogP contribution in [0.25, 0.3) is 0 Å². The molecule has 2 N–H and O–H groups in total. The number of benzene rings is 1. The Morgan fingerprint density at radius 3 is 2.69 bits per heavy atom. The van der Waals surface area contributed by atoms with Gasteiger partial charge in [0.05, 0.1) is 18.8 Å². The SMILES string of the molecule is CCNC(=NCc1cccc(C)n1)NCC(CC)Oc1cccc(F)c1. The minimum atomic E-state index is -0.300. The van der Waals surface area contributed by atoms with Crippen molar-refractivity contribution in [3.8, 4) is 5.75 Å². The van der Waals surface area contributed by atoms with Gasteiger partial charge < -0.3 is 15.4 Å². The van der Waals surface area contributed by atoms with E-state index in [0.717, 1.165) is 24.4 Å². The van der Waals surface area contributed by atoms with Crippen LogP contribution in [0.3, 0.4) is 0 Å². The minimum Gasteiger partial charge on any atom is -0.489 e. The van der Waals surface area contributed by atoms with Gasteiger partial charge in [-0.15, -0.1) is 0 Å². The van der Waals surface area contributed by atoms with Gasteiger partial charge in [-0.2, -0.15) is 0 Å². The molecule has 5 nitrogen and oxygen atoms in total. The summed E-state index contributed by atoms with van der Waals surface area (Å²) in [5.74, 6) is 0.938. The average molecular weight is 358 g/mol. The number of aryl methyl sites for hydroxylation is 1. The Kier molecular flexibility index (Phi) is 7.86. The van der Waals surface area contributed by atoms with E-state index in [2.05, 4.69) is 20.6 Å². The average Bonchev–Trinajstić information content (AvgIpc) is 2.63. The minimum absolute atomic E-state index is 0.0854. The molecule has 0 aliphatic carbocycles. The lowest BCUT2D eigenvalue weighted by molar-refractivity contribution is 0.198. The predicted molar refractivity (Wildman–Crippen MR) is 103 cm³/mol. The van der Waals surface area contributed by atoms with Crippen molar-refractivity contribution in [1.82, 2.24) is 15.6 Å². The van der Waals surface area contributed by atoms with Crippen LogP contribution >= 0.6 is 0 Å². The van der Waals surface area contributed by atoms with E-state index in [0.29, 0.717) is 24.8 Å². The summed E-state index contributed by atoms with van der Waals surface area (Å²) in [4.78, 5) is 9.03. The zero-order chi connectivity index (χ0) is 18.8. The number of aliphatic imine (C=N–C) groups is 1. The fourth-order valence-corrected chi connectivity index (χ4v) is 2.40. The second-order valence-electron chi connectivity index (χ2n) is 5.95. The van der Waals surface area contributed by atoms with Crippen LogP contribution in [0.4, 0.5) is 4.39 Å². The molecule has 140 valence electrons. The number of halogens is 1. The summed E-state index contributed by atoms with van der Waals surface area (Å²) in [5.41, 5.74) is 1.90. The van der Waals surface area contributed by atoms with Gasteiger partial charge >= 0.3 is 0 Å². The molecule has 1 heterocycles. The Morgan fingerprint density at radius 2 is 2.00 bits per heavy atom. The normalized spacial score (nSPS) is 12.5. The Bertz CT molecular complexity index is 720. The van der Waals surface area contributed by atoms with Crippen LogP contribution in [-0.2, 0) is 6.54 Å². The smallest absolute Gasteiger partial charge is 0.191 e. The zero-order valence-corrected chi connectivity index (χ0v) is 15.6. The molecule has 0 bridgehead atoms. The van der Waals surface area contributed by atoms with Crippen molar-refractivity contribution in [2.24, 2.45) is 4.99 Å². The molecule has 0 saturated heterocycles. The van der Waals surface area contributed by atoms with Crippen LogP contribution in [0.15, 0.2) is 47.5 Å². The van der Waals surface area contributed by atoms with Gasteiger partial charge in [-0.1, -0.05) is 19.1 Å². The maximum atomic E-state index is 13.3. The van der Waals surface area contributed by atoms with Gasteiger partial charge in [0.25, 0.3) is 0 Å². The highest BCUT2D eigenvalue weighted by molar-refractivity contribution is 5.79. The maximum Gasteiger partial charge on any atom is 0.191 e. The third-order valence-electron chi connectivity index (χ3n) is 3.74.